The molecular weight excluding hydrogens is 319 g/mol. The molecule has 2 rings (SSSR count). The van der Waals surface area contributed by atoms with Gasteiger partial charge in [-0.3, -0.25) is 9.48 Å². The third kappa shape index (κ3) is 3.17. The van der Waals surface area contributed by atoms with Gasteiger partial charge in [0, 0.05) is 22.7 Å². The average Bonchev–Trinajstić information content (AvgIpc) is 2.65. The van der Waals surface area contributed by atoms with Crippen LogP contribution in [0.2, 0.25) is 15.1 Å². The van der Waals surface area contributed by atoms with E-state index in [1.54, 1.807) is 29.9 Å². The molecule has 0 fully saturated rings. The minimum absolute atomic E-state index is 0.0954. The Bertz CT molecular complexity index is 644. The SMILES string of the molecule is CCc1nn(C)c(CC(=O)c2cc(Cl)cc(Cl)c2)c1Cl. The van der Waals surface area contributed by atoms with Crippen molar-refractivity contribution in [3.05, 3.63) is 50.2 Å². The van der Waals surface area contributed by atoms with Crippen LogP contribution in [-0.2, 0) is 19.9 Å². The lowest BCUT2D eigenvalue weighted by molar-refractivity contribution is 0.0990. The monoisotopic (exact) mass is 330 g/mol. The second-order valence-corrected chi connectivity index (χ2v) is 5.69. The first kappa shape index (κ1) is 15.4. The Hall–Kier alpha value is -1.03. The van der Waals surface area contributed by atoms with Gasteiger partial charge in [-0.1, -0.05) is 41.7 Å². The quantitative estimate of drug-likeness (QED) is 0.780. The summed E-state index contributed by atoms with van der Waals surface area (Å²) in [5, 5.41) is 5.72. The zero-order chi connectivity index (χ0) is 14.9. The van der Waals surface area contributed by atoms with Gasteiger partial charge in [0.1, 0.15) is 0 Å². The van der Waals surface area contributed by atoms with Crippen LogP contribution in [0, 0.1) is 0 Å². The van der Waals surface area contributed by atoms with Crippen molar-refractivity contribution in [1.82, 2.24) is 9.78 Å². The number of hydrogen-bond donors (Lipinski definition) is 0. The van der Waals surface area contributed by atoms with Gasteiger partial charge in [-0.05, 0) is 24.6 Å². The van der Waals surface area contributed by atoms with Crippen LogP contribution in [0.25, 0.3) is 0 Å². The molecule has 1 aromatic heterocycles. The van der Waals surface area contributed by atoms with Crippen molar-refractivity contribution in [2.45, 2.75) is 19.8 Å². The molecule has 0 saturated heterocycles. The molecule has 0 N–H and O–H groups in total. The molecule has 6 heteroatoms. The molecule has 0 atom stereocenters. The van der Waals surface area contributed by atoms with Crippen molar-refractivity contribution < 1.29 is 4.79 Å². The van der Waals surface area contributed by atoms with E-state index >= 15 is 0 Å². The third-order valence-corrected chi connectivity index (χ3v) is 3.89. The van der Waals surface area contributed by atoms with Gasteiger partial charge in [0.15, 0.2) is 5.78 Å². The topological polar surface area (TPSA) is 34.9 Å². The predicted octanol–water partition coefficient (Wildman–Crippen LogP) is 4.37. The molecule has 0 saturated carbocycles. The standard InChI is InChI=1S/C14H13Cl3N2O/c1-3-11-14(17)12(19(2)18-11)7-13(20)8-4-9(15)6-10(16)5-8/h4-6H,3,7H2,1-2H3. The Morgan fingerprint density at radius 3 is 2.30 bits per heavy atom. The molecule has 3 nitrogen and oxygen atoms in total. The van der Waals surface area contributed by atoms with Crippen molar-refractivity contribution >= 4 is 40.6 Å². The number of ketones is 1. The van der Waals surface area contributed by atoms with E-state index in [4.69, 9.17) is 34.8 Å². The molecule has 0 unspecified atom stereocenters. The molecule has 106 valence electrons. The molecule has 0 radical (unpaired) electrons. The summed E-state index contributed by atoms with van der Waals surface area (Å²) in [6, 6.07) is 4.79. The van der Waals surface area contributed by atoms with Gasteiger partial charge in [-0.15, -0.1) is 0 Å². The van der Waals surface area contributed by atoms with Crippen LogP contribution in [0.15, 0.2) is 18.2 Å². The lowest BCUT2D eigenvalue weighted by Gasteiger charge is -2.04. The molecule has 0 spiro atoms. The summed E-state index contributed by atoms with van der Waals surface area (Å²) in [7, 11) is 1.78. The van der Waals surface area contributed by atoms with Gasteiger partial charge in [-0.2, -0.15) is 5.10 Å². The second-order valence-electron chi connectivity index (χ2n) is 4.44. The highest BCUT2D eigenvalue weighted by Crippen LogP contribution is 2.24. The molecule has 0 aliphatic carbocycles. The van der Waals surface area contributed by atoms with E-state index in [0.29, 0.717) is 26.3 Å². The highest BCUT2D eigenvalue weighted by atomic mass is 35.5. The molecular formula is C14H13Cl3N2O. The van der Waals surface area contributed by atoms with Gasteiger partial charge in [0.05, 0.1) is 22.8 Å². The first-order chi connectivity index (χ1) is 9.42. The van der Waals surface area contributed by atoms with Crippen molar-refractivity contribution in [1.29, 1.82) is 0 Å². The maximum Gasteiger partial charge on any atom is 0.168 e. The number of rotatable bonds is 4. The van der Waals surface area contributed by atoms with E-state index in [-0.39, 0.29) is 12.2 Å². The predicted molar refractivity (Wildman–Crippen MR) is 82.1 cm³/mol. The molecule has 0 aliphatic rings. The van der Waals surface area contributed by atoms with Crippen LogP contribution in [0.3, 0.4) is 0 Å². The number of nitrogens with zero attached hydrogens (tertiary/aromatic N) is 2. The summed E-state index contributed by atoms with van der Waals surface area (Å²) in [5.41, 5.74) is 1.96. The van der Waals surface area contributed by atoms with Gasteiger partial charge >= 0.3 is 0 Å². The molecule has 1 heterocycles. The van der Waals surface area contributed by atoms with Gasteiger partial charge in [0.25, 0.3) is 0 Å². The van der Waals surface area contributed by atoms with E-state index in [1.807, 2.05) is 6.92 Å². The number of Topliss-reactive ketones (excluding diaryl/α,β-unsaturated/α-hetero) is 1. The van der Waals surface area contributed by atoms with E-state index in [2.05, 4.69) is 5.10 Å². The third-order valence-electron chi connectivity index (χ3n) is 3.02. The fraction of sp³-hybridized carbons (Fsp3) is 0.286. The van der Waals surface area contributed by atoms with Crippen molar-refractivity contribution in [3.8, 4) is 0 Å². The molecule has 2 aromatic rings. The number of aromatic nitrogens is 2. The van der Waals surface area contributed by atoms with Gasteiger partial charge in [0.2, 0.25) is 0 Å². The Morgan fingerprint density at radius 2 is 1.80 bits per heavy atom. The first-order valence-electron chi connectivity index (χ1n) is 6.12. The highest BCUT2D eigenvalue weighted by Gasteiger charge is 2.17. The maximum atomic E-state index is 12.3. The van der Waals surface area contributed by atoms with Crippen LogP contribution in [0.5, 0.6) is 0 Å². The van der Waals surface area contributed by atoms with Gasteiger partial charge in [-0.25, -0.2) is 0 Å². The minimum Gasteiger partial charge on any atom is -0.294 e. The number of carbonyl (C=O) groups is 1. The number of carbonyl (C=O) groups excluding carboxylic acids is 1. The summed E-state index contributed by atoms with van der Waals surface area (Å²) >= 11 is 18.0. The molecule has 20 heavy (non-hydrogen) atoms. The summed E-state index contributed by atoms with van der Waals surface area (Å²) in [6.45, 7) is 1.97. The normalized spacial score (nSPS) is 10.8. The van der Waals surface area contributed by atoms with E-state index in [0.717, 1.165) is 12.1 Å². The lowest BCUT2D eigenvalue weighted by atomic mass is 10.1. The van der Waals surface area contributed by atoms with Crippen molar-refractivity contribution in [2.75, 3.05) is 0 Å². The fourth-order valence-electron chi connectivity index (χ4n) is 1.98. The Kier molecular flexibility index (Phi) is 4.74. The zero-order valence-electron chi connectivity index (χ0n) is 11.1. The summed E-state index contributed by atoms with van der Waals surface area (Å²) < 4.78 is 1.64. The Balaban J connectivity index is 2.30. The smallest absolute Gasteiger partial charge is 0.168 e. The van der Waals surface area contributed by atoms with Gasteiger partial charge < -0.3 is 0 Å². The molecule has 0 bridgehead atoms. The molecule has 0 amide bonds. The lowest BCUT2D eigenvalue weighted by Crippen LogP contribution is -2.08. The maximum absolute atomic E-state index is 12.3. The minimum atomic E-state index is -0.0954. The highest BCUT2D eigenvalue weighted by molar-refractivity contribution is 6.35. The number of benzene rings is 1. The van der Waals surface area contributed by atoms with Crippen molar-refractivity contribution in [2.24, 2.45) is 7.05 Å². The average molecular weight is 332 g/mol. The second kappa shape index (κ2) is 6.17. The van der Waals surface area contributed by atoms with E-state index in [9.17, 15) is 4.79 Å². The Morgan fingerprint density at radius 1 is 1.20 bits per heavy atom. The molecule has 0 aliphatic heterocycles. The van der Waals surface area contributed by atoms with Crippen molar-refractivity contribution in [3.63, 3.8) is 0 Å². The van der Waals surface area contributed by atoms with Crippen LogP contribution in [0.1, 0.15) is 28.7 Å². The zero-order valence-corrected chi connectivity index (χ0v) is 13.4. The summed E-state index contributed by atoms with van der Waals surface area (Å²) in [4.78, 5) is 12.3. The number of halogens is 3. The first-order valence-corrected chi connectivity index (χ1v) is 7.25. The number of hydrogen-bond acceptors (Lipinski definition) is 2. The van der Waals surface area contributed by atoms with Crippen LogP contribution in [-0.4, -0.2) is 15.6 Å². The fourth-order valence-corrected chi connectivity index (χ4v) is 2.87. The van der Waals surface area contributed by atoms with E-state index < -0.39 is 0 Å². The van der Waals surface area contributed by atoms with Crippen LogP contribution >= 0.6 is 34.8 Å². The van der Waals surface area contributed by atoms with Crippen LogP contribution in [0.4, 0.5) is 0 Å². The largest absolute Gasteiger partial charge is 0.294 e. The number of aryl methyl sites for hydroxylation is 2. The Labute approximate surface area is 132 Å². The van der Waals surface area contributed by atoms with Crippen LogP contribution < -0.4 is 0 Å². The van der Waals surface area contributed by atoms with E-state index in [1.165, 1.54) is 0 Å². The summed E-state index contributed by atoms with van der Waals surface area (Å²) in [6.07, 6.45) is 0.892. The molecule has 1 aromatic carbocycles. The summed E-state index contributed by atoms with van der Waals surface area (Å²) in [5.74, 6) is -0.0954.